The SMILES string of the molecule is O=C(N[C@@H]1C(OCc2ccccc2)O[C@@H](COC(c2ccccc2)(c2ccccc2)c2ccccc2)[C@H](OCc2ccccc2)[C@H]1OCc1ccccc1)OCc1ccccc1. The Labute approximate surface area is 364 Å². The molecule has 1 aliphatic heterocycles. The Balaban J connectivity index is 1.19. The molecule has 7 aromatic rings. The van der Waals surface area contributed by atoms with Gasteiger partial charge >= 0.3 is 6.09 Å². The van der Waals surface area contributed by atoms with E-state index in [1.165, 1.54) is 0 Å². The molecule has 1 amide bonds. The lowest BCUT2D eigenvalue weighted by molar-refractivity contribution is -0.295. The van der Waals surface area contributed by atoms with Crippen LogP contribution in [0.15, 0.2) is 212 Å². The molecule has 1 saturated heterocycles. The summed E-state index contributed by atoms with van der Waals surface area (Å²) in [5, 5.41) is 3.10. The van der Waals surface area contributed by atoms with Gasteiger partial charge in [-0.1, -0.05) is 212 Å². The van der Waals surface area contributed by atoms with Crippen LogP contribution in [0.1, 0.15) is 38.9 Å². The Morgan fingerprint density at radius 3 is 1.23 bits per heavy atom. The number of ether oxygens (including phenoxy) is 6. The van der Waals surface area contributed by atoms with Crippen LogP contribution in [0.25, 0.3) is 0 Å². The number of amides is 1. The quantitative estimate of drug-likeness (QED) is 0.0863. The molecule has 62 heavy (non-hydrogen) atoms. The fourth-order valence-electron chi connectivity index (χ4n) is 7.90. The van der Waals surface area contributed by atoms with Crippen molar-refractivity contribution in [1.82, 2.24) is 5.32 Å². The zero-order valence-electron chi connectivity index (χ0n) is 34.5. The van der Waals surface area contributed by atoms with Crippen molar-refractivity contribution in [2.24, 2.45) is 0 Å². The van der Waals surface area contributed by atoms with Gasteiger partial charge in [0.25, 0.3) is 0 Å². The van der Waals surface area contributed by atoms with Gasteiger partial charge in [-0.2, -0.15) is 0 Å². The minimum absolute atomic E-state index is 0.0553. The molecule has 0 aliphatic carbocycles. The van der Waals surface area contributed by atoms with E-state index in [2.05, 4.69) is 41.7 Å². The van der Waals surface area contributed by atoms with Gasteiger partial charge in [0.15, 0.2) is 6.29 Å². The van der Waals surface area contributed by atoms with E-state index < -0.39 is 42.3 Å². The Hall–Kier alpha value is -6.39. The van der Waals surface area contributed by atoms with Crippen LogP contribution >= 0.6 is 0 Å². The predicted molar refractivity (Wildman–Crippen MR) is 239 cm³/mol. The molecular weight excluding hydrogens is 775 g/mol. The van der Waals surface area contributed by atoms with Gasteiger partial charge in [0.1, 0.15) is 36.6 Å². The smallest absolute Gasteiger partial charge is 0.407 e. The summed E-state index contributed by atoms with van der Waals surface area (Å²) >= 11 is 0. The van der Waals surface area contributed by atoms with Crippen LogP contribution < -0.4 is 5.32 Å². The van der Waals surface area contributed by atoms with Crippen LogP contribution in [0.3, 0.4) is 0 Å². The van der Waals surface area contributed by atoms with E-state index in [9.17, 15) is 4.79 Å². The molecule has 1 unspecified atom stereocenters. The molecule has 314 valence electrons. The summed E-state index contributed by atoms with van der Waals surface area (Å²) < 4.78 is 40.8. The van der Waals surface area contributed by atoms with Crippen LogP contribution in [-0.2, 0) is 60.4 Å². The third kappa shape index (κ3) is 10.7. The van der Waals surface area contributed by atoms with E-state index in [1.54, 1.807) is 0 Å². The maximum absolute atomic E-state index is 13.9. The van der Waals surface area contributed by atoms with Crippen LogP contribution in [0.4, 0.5) is 4.79 Å². The summed E-state index contributed by atoms with van der Waals surface area (Å²) in [6.07, 6.45) is -3.98. The molecular formula is C54H51NO7. The second kappa shape index (κ2) is 21.4. The first-order chi connectivity index (χ1) is 30.7. The van der Waals surface area contributed by atoms with Crippen molar-refractivity contribution in [3.05, 3.63) is 251 Å². The maximum atomic E-state index is 13.9. The van der Waals surface area contributed by atoms with Crippen molar-refractivity contribution < 1.29 is 33.2 Å². The Bertz CT molecular complexity index is 2260. The standard InChI is InChI=1S/C54H51NO7/c56-53(60-39-44-28-14-4-15-29-44)55-49-51(58-37-42-24-10-2-11-25-42)50(57-36-41-22-8-1-9-23-41)48(62-52(49)59-38-43-26-12-3-13-27-43)40-61-54(45-30-16-5-17-31-45,46-32-18-6-19-33-46)47-34-20-7-21-35-47/h1-35,48-52H,36-40H2,(H,55,56)/t48-,49-,50-,51-,52?/m0/s1. The number of nitrogens with one attached hydrogen (secondary N) is 1. The highest BCUT2D eigenvalue weighted by molar-refractivity contribution is 5.67. The summed E-state index contributed by atoms with van der Waals surface area (Å²) in [7, 11) is 0. The Morgan fingerprint density at radius 1 is 0.452 bits per heavy atom. The van der Waals surface area contributed by atoms with Crippen molar-refractivity contribution in [3.63, 3.8) is 0 Å². The minimum atomic E-state index is -1.05. The second-order valence-corrected chi connectivity index (χ2v) is 15.2. The van der Waals surface area contributed by atoms with E-state index in [0.717, 1.165) is 38.9 Å². The van der Waals surface area contributed by atoms with Gasteiger partial charge in [-0.15, -0.1) is 0 Å². The Morgan fingerprint density at radius 2 is 0.806 bits per heavy atom. The third-order valence-corrected chi connectivity index (χ3v) is 11.0. The van der Waals surface area contributed by atoms with Gasteiger partial charge < -0.3 is 33.7 Å². The molecule has 1 heterocycles. The zero-order valence-corrected chi connectivity index (χ0v) is 34.5. The number of hydrogen-bond donors (Lipinski definition) is 1. The van der Waals surface area contributed by atoms with Crippen molar-refractivity contribution in [2.45, 2.75) is 62.7 Å². The number of alkyl carbamates (subject to hydrolysis) is 1. The van der Waals surface area contributed by atoms with Crippen molar-refractivity contribution >= 4 is 6.09 Å². The van der Waals surface area contributed by atoms with Crippen molar-refractivity contribution in [3.8, 4) is 0 Å². The highest BCUT2D eigenvalue weighted by Gasteiger charge is 2.50. The second-order valence-electron chi connectivity index (χ2n) is 15.2. The molecule has 8 heteroatoms. The summed E-state index contributed by atoms with van der Waals surface area (Å²) in [5.74, 6) is 0. The molecule has 0 aromatic heterocycles. The number of rotatable bonds is 18. The number of carbonyl (C=O) groups is 1. The van der Waals surface area contributed by atoms with E-state index in [-0.39, 0.29) is 33.0 Å². The van der Waals surface area contributed by atoms with Gasteiger partial charge in [-0.3, -0.25) is 0 Å². The number of benzene rings is 7. The topological polar surface area (TPSA) is 84.5 Å². The summed E-state index contributed by atoms with van der Waals surface area (Å²) in [6, 6.07) is 69.1. The lowest BCUT2D eigenvalue weighted by Crippen LogP contribution is -2.66. The molecule has 8 rings (SSSR count). The van der Waals surface area contributed by atoms with Gasteiger partial charge in [-0.05, 0) is 38.9 Å². The minimum Gasteiger partial charge on any atom is -0.445 e. The third-order valence-electron chi connectivity index (χ3n) is 11.0. The van der Waals surface area contributed by atoms with Gasteiger partial charge in [0, 0.05) is 0 Å². The molecule has 0 saturated carbocycles. The first-order valence-corrected chi connectivity index (χ1v) is 21.1. The summed E-state index contributed by atoms with van der Waals surface area (Å²) in [5.41, 5.74) is 5.52. The van der Waals surface area contributed by atoms with E-state index in [0.29, 0.717) is 0 Å². The van der Waals surface area contributed by atoms with Crippen molar-refractivity contribution in [2.75, 3.05) is 6.61 Å². The van der Waals surface area contributed by atoms with Crippen LogP contribution in [0.5, 0.6) is 0 Å². The maximum Gasteiger partial charge on any atom is 0.407 e. The van der Waals surface area contributed by atoms with E-state index in [1.807, 2.05) is 176 Å². The highest BCUT2D eigenvalue weighted by Crippen LogP contribution is 2.41. The molecule has 0 radical (unpaired) electrons. The summed E-state index contributed by atoms with van der Waals surface area (Å²) in [4.78, 5) is 13.9. The average molecular weight is 826 g/mol. The van der Waals surface area contributed by atoms with Gasteiger partial charge in [-0.25, -0.2) is 4.79 Å². The molecule has 1 aliphatic rings. The predicted octanol–water partition coefficient (Wildman–Crippen LogP) is 10.4. The molecule has 0 spiro atoms. The average Bonchev–Trinajstić information content (AvgIpc) is 3.34. The normalized spacial score (nSPS) is 18.7. The lowest BCUT2D eigenvalue weighted by Gasteiger charge is -2.47. The first kappa shape index (κ1) is 42.3. The number of hydrogen-bond acceptors (Lipinski definition) is 7. The summed E-state index contributed by atoms with van der Waals surface area (Å²) in [6.45, 7) is 0.822. The van der Waals surface area contributed by atoms with Crippen LogP contribution in [0.2, 0.25) is 0 Å². The van der Waals surface area contributed by atoms with Gasteiger partial charge in [0.2, 0.25) is 0 Å². The zero-order chi connectivity index (χ0) is 42.2. The molecule has 1 N–H and O–H groups in total. The molecule has 1 fully saturated rings. The fraction of sp³-hybridized carbons (Fsp3) is 0.204. The Kier molecular flexibility index (Phi) is 14.6. The lowest BCUT2D eigenvalue weighted by atomic mass is 9.80. The molecule has 7 aromatic carbocycles. The van der Waals surface area contributed by atoms with Crippen LogP contribution in [0, 0.1) is 0 Å². The molecule has 0 bridgehead atoms. The van der Waals surface area contributed by atoms with Gasteiger partial charge in [0.05, 0.1) is 26.4 Å². The van der Waals surface area contributed by atoms with E-state index in [4.69, 9.17) is 28.4 Å². The molecule has 8 nitrogen and oxygen atoms in total. The fourth-order valence-corrected chi connectivity index (χ4v) is 7.90. The van der Waals surface area contributed by atoms with Crippen molar-refractivity contribution in [1.29, 1.82) is 0 Å². The number of carbonyl (C=O) groups excluding carboxylic acids is 1. The monoisotopic (exact) mass is 825 g/mol. The largest absolute Gasteiger partial charge is 0.445 e. The molecule has 5 atom stereocenters. The highest BCUT2D eigenvalue weighted by atomic mass is 16.7. The first-order valence-electron chi connectivity index (χ1n) is 21.1. The van der Waals surface area contributed by atoms with E-state index >= 15 is 0 Å². The van der Waals surface area contributed by atoms with Crippen LogP contribution in [-0.4, -0.2) is 43.3 Å².